The zero-order valence-corrected chi connectivity index (χ0v) is 14.3. The van der Waals surface area contributed by atoms with Crippen LogP contribution in [0.25, 0.3) is 0 Å². The summed E-state index contributed by atoms with van der Waals surface area (Å²) in [6.45, 7) is 6.02. The zero-order valence-electron chi connectivity index (χ0n) is 14.3. The second-order valence-electron chi connectivity index (χ2n) is 5.86. The Kier molecular flexibility index (Phi) is 6.07. The molecule has 0 aliphatic rings. The first kappa shape index (κ1) is 17.7. The van der Waals surface area contributed by atoms with E-state index in [1.807, 2.05) is 49.4 Å². The van der Waals surface area contributed by atoms with Gasteiger partial charge < -0.3 is 10.2 Å². The summed E-state index contributed by atoms with van der Waals surface area (Å²) < 4.78 is 0. The zero-order chi connectivity index (χ0) is 17.5. The normalized spacial score (nSPS) is 11.6. The van der Waals surface area contributed by atoms with Gasteiger partial charge in [-0.15, -0.1) is 0 Å². The van der Waals surface area contributed by atoms with E-state index in [0.29, 0.717) is 13.1 Å². The highest BCUT2D eigenvalue weighted by Gasteiger charge is 2.22. The molecule has 0 radical (unpaired) electrons. The Balaban J connectivity index is 2.22. The second-order valence-corrected chi connectivity index (χ2v) is 5.86. The van der Waals surface area contributed by atoms with Gasteiger partial charge >= 0.3 is 0 Å². The number of carbonyl (C=O) groups excluding carboxylic acids is 2. The van der Waals surface area contributed by atoms with Crippen LogP contribution in [0.1, 0.15) is 30.7 Å². The molecule has 2 rings (SSSR count). The highest BCUT2D eigenvalue weighted by Crippen LogP contribution is 2.14. The van der Waals surface area contributed by atoms with Gasteiger partial charge in [0.2, 0.25) is 11.8 Å². The Morgan fingerprint density at radius 1 is 1.12 bits per heavy atom. The van der Waals surface area contributed by atoms with Crippen molar-refractivity contribution in [2.45, 2.75) is 39.9 Å². The number of rotatable bonds is 6. The van der Waals surface area contributed by atoms with Crippen LogP contribution >= 0.6 is 0 Å². The van der Waals surface area contributed by atoms with Crippen LogP contribution < -0.4 is 5.32 Å². The first-order chi connectivity index (χ1) is 11.5. The van der Waals surface area contributed by atoms with Gasteiger partial charge in [0.1, 0.15) is 6.04 Å². The third kappa shape index (κ3) is 4.91. The van der Waals surface area contributed by atoms with Crippen molar-refractivity contribution in [3.63, 3.8) is 0 Å². The predicted molar refractivity (Wildman–Crippen MR) is 92.9 cm³/mol. The summed E-state index contributed by atoms with van der Waals surface area (Å²) in [5.74, 6) is -0.344. The number of benzene rings is 1. The minimum absolute atomic E-state index is 0.126. The molecular weight excluding hydrogens is 302 g/mol. The van der Waals surface area contributed by atoms with Crippen LogP contribution in [-0.4, -0.2) is 27.7 Å². The maximum Gasteiger partial charge on any atom is 0.245 e. The fraction of sp³-hybridized carbons (Fsp3) is 0.316. The van der Waals surface area contributed by atoms with E-state index in [4.69, 9.17) is 0 Å². The number of carbonyl (C=O) groups is 2. The van der Waals surface area contributed by atoms with Crippen molar-refractivity contribution in [2.75, 3.05) is 0 Å². The number of pyridine rings is 1. The van der Waals surface area contributed by atoms with E-state index >= 15 is 0 Å². The summed E-state index contributed by atoms with van der Waals surface area (Å²) >= 11 is 0. The van der Waals surface area contributed by atoms with Crippen molar-refractivity contribution >= 4 is 11.8 Å². The second kappa shape index (κ2) is 8.24. The fourth-order valence-electron chi connectivity index (χ4n) is 2.53. The van der Waals surface area contributed by atoms with Crippen LogP contribution in [0.3, 0.4) is 0 Å². The number of aryl methyl sites for hydroxylation is 1. The molecule has 0 saturated carbocycles. The highest BCUT2D eigenvalue weighted by molar-refractivity contribution is 5.86. The molecule has 24 heavy (non-hydrogen) atoms. The van der Waals surface area contributed by atoms with Gasteiger partial charge in [0.25, 0.3) is 0 Å². The number of hydrogen-bond acceptors (Lipinski definition) is 3. The molecule has 1 aromatic carbocycles. The van der Waals surface area contributed by atoms with E-state index in [-0.39, 0.29) is 11.8 Å². The predicted octanol–water partition coefficient (Wildman–Crippen LogP) is 2.44. The average molecular weight is 325 g/mol. The number of amides is 2. The Morgan fingerprint density at radius 2 is 1.83 bits per heavy atom. The molecule has 0 saturated heterocycles. The van der Waals surface area contributed by atoms with E-state index in [1.54, 1.807) is 18.0 Å². The molecule has 1 aromatic heterocycles. The van der Waals surface area contributed by atoms with Gasteiger partial charge in [0.05, 0.1) is 12.2 Å². The van der Waals surface area contributed by atoms with E-state index in [1.165, 1.54) is 6.92 Å². The lowest BCUT2D eigenvalue weighted by Gasteiger charge is -2.26. The highest BCUT2D eigenvalue weighted by atomic mass is 16.2. The van der Waals surface area contributed by atoms with E-state index in [0.717, 1.165) is 16.8 Å². The van der Waals surface area contributed by atoms with Gasteiger partial charge in [-0.25, -0.2) is 0 Å². The Bertz CT molecular complexity index is 701. The average Bonchev–Trinajstić information content (AvgIpc) is 2.56. The van der Waals surface area contributed by atoms with Gasteiger partial charge in [-0.2, -0.15) is 0 Å². The molecule has 2 amide bonds. The minimum Gasteiger partial charge on any atom is -0.345 e. The molecule has 5 heteroatoms. The molecule has 126 valence electrons. The van der Waals surface area contributed by atoms with Gasteiger partial charge in [0.15, 0.2) is 0 Å². The van der Waals surface area contributed by atoms with Crippen molar-refractivity contribution in [2.24, 2.45) is 0 Å². The van der Waals surface area contributed by atoms with Gasteiger partial charge in [-0.05, 0) is 37.1 Å². The Labute approximate surface area is 142 Å². The number of aromatic nitrogens is 1. The lowest BCUT2D eigenvalue weighted by atomic mass is 10.1. The maximum absolute atomic E-state index is 12.8. The molecule has 0 unspecified atom stereocenters. The molecular formula is C19H23N3O2. The minimum atomic E-state index is -0.574. The lowest BCUT2D eigenvalue weighted by molar-refractivity contribution is -0.136. The third-order valence-corrected chi connectivity index (χ3v) is 3.80. The molecule has 0 aliphatic carbocycles. The SMILES string of the molecule is CC(=O)N[C@H](C)C(=O)N(Cc1ccccn1)Cc1ccccc1C. The van der Waals surface area contributed by atoms with Crippen molar-refractivity contribution in [1.29, 1.82) is 0 Å². The molecule has 1 atom stereocenters. The van der Waals surface area contributed by atoms with Crippen LogP contribution in [0.15, 0.2) is 48.7 Å². The first-order valence-corrected chi connectivity index (χ1v) is 7.97. The smallest absolute Gasteiger partial charge is 0.245 e. The Hall–Kier alpha value is -2.69. The third-order valence-electron chi connectivity index (χ3n) is 3.80. The number of nitrogens with one attached hydrogen (secondary N) is 1. The molecule has 0 fully saturated rings. The van der Waals surface area contributed by atoms with Gasteiger partial charge in [-0.3, -0.25) is 14.6 Å². The van der Waals surface area contributed by atoms with Crippen LogP contribution in [0.5, 0.6) is 0 Å². The van der Waals surface area contributed by atoms with Crippen LogP contribution in [0, 0.1) is 6.92 Å². The van der Waals surface area contributed by atoms with Gasteiger partial charge in [-0.1, -0.05) is 30.3 Å². The maximum atomic E-state index is 12.8. The molecule has 1 heterocycles. The summed E-state index contributed by atoms with van der Waals surface area (Å²) in [6.07, 6.45) is 1.71. The standard InChI is InChI=1S/C19H23N3O2/c1-14-8-4-5-9-17(14)12-22(13-18-10-6-7-11-20-18)19(24)15(2)21-16(3)23/h4-11,15H,12-13H2,1-3H3,(H,21,23)/t15-/m1/s1. The fourth-order valence-corrected chi connectivity index (χ4v) is 2.53. The van der Waals surface area contributed by atoms with Crippen molar-refractivity contribution in [3.05, 3.63) is 65.5 Å². The van der Waals surface area contributed by atoms with E-state index in [9.17, 15) is 9.59 Å². The number of nitrogens with zero attached hydrogens (tertiary/aromatic N) is 2. The summed E-state index contributed by atoms with van der Waals surface area (Å²) in [5, 5.41) is 2.66. The topological polar surface area (TPSA) is 62.3 Å². The summed E-state index contributed by atoms with van der Waals surface area (Å²) in [5.41, 5.74) is 3.02. The monoisotopic (exact) mass is 325 g/mol. The summed E-state index contributed by atoms with van der Waals surface area (Å²) in [7, 11) is 0. The van der Waals surface area contributed by atoms with Crippen LogP contribution in [0.2, 0.25) is 0 Å². The quantitative estimate of drug-likeness (QED) is 0.887. The van der Waals surface area contributed by atoms with Crippen molar-refractivity contribution in [3.8, 4) is 0 Å². The lowest BCUT2D eigenvalue weighted by Crippen LogP contribution is -2.45. The summed E-state index contributed by atoms with van der Waals surface area (Å²) in [6, 6.07) is 13.0. The van der Waals surface area contributed by atoms with Crippen LogP contribution in [0.4, 0.5) is 0 Å². The molecule has 1 N–H and O–H groups in total. The number of hydrogen-bond donors (Lipinski definition) is 1. The van der Waals surface area contributed by atoms with Crippen molar-refractivity contribution < 1.29 is 9.59 Å². The Morgan fingerprint density at radius 3 is 2.46 bits per heavy atom. The van der Waals surface area contributed by atoms with Gasteiger partial charge in [0, 0.05) is 19.7 Å². The van der Waals surface area contributed by atoms with E-state index < -0.39 is 6.04 Å². The molecule has 5 nitrogen and oxygen atoms in total. The van der Waals surface area contributed by atoms with Crippen LogP contribution in [-0.2, 0) is 22.7 Å². The molecule has 0 spiro atoms. The largest absolute Gasteiger partial charge is 0.345 e. The molecule has 2 aromatic rings. The summed E-state index contributed by atoms with van der Waals surface area (Å²) in [4.78, 5) is 30.1. The molecule has 0 aliphatic heterocycles. The molecule has 0 bridgehead atoms. The van der Waals surface area contributed by atoms with Crippen molar-refractivity contribution in [1.82, 2.24) is 15.2 Å². The first-order valence-electron chi connectivity index (χ1n) is 7.97. The van der Waals surface area contributed by atoms with E-state index in [2.05, 4.69) is 10.3 Å².